The molecule has 1 N–H and O–H groups in total. The molecule has 4 rings (SSSR count). The second-order valence-electron chi connectivity index (χ2n) is 6.19. The minimum Gasteiger partial charge on any atom is -0.373 e. The first-order valence-corrected chi connectivity index (χ1v) is 7.99. The van der Waals surface area contributed by atoms with E-state index in [1.54, 1.807) is 24.3 Å². The van der Waals surface area contributed by atoms with Crippen molar-refractivity contribution in [2.24, 2.45) is 11.8 Å². The third kappa shape index (κ3) is 2.33. The van der Waals surface area contributed by atoms with Crippen LogP contribution in [-0.2, 0) is 25.5 Å². The van der Waals surface area contributed by atoms with E-state index in [2.05, 4.69) is 5.43 Å². The summed E-state index contributed by atoms with van der Waals surface area (Å²) in [4.78, 5) is 36.9. The number of amides is 3. The Morgan fingerprint density at radius 3 is 2.26 bits per heavy atom. The van der Waals surface area contributed by atoms with Gasteiger partial charge in [0.15, 0.2) is 0 Å². The predicted octanol–water partition coefficient (Wildman–Crippen LogP) is 1.08. The molecule has 3 fully saturated rings. The average molecular weight is 335 g/mol. The highest BCUT2D eigenvalue weighted by Crippen LogP contribution is 2.47. The first kappa shape index (κ1) is 14.7. The third-order valence-electron chi connectivity index (χ3n) is 4.80. The minimum atomic E-state index is -0.433. The van der Waals surface area contributed by atoms with Crippen molar-refractivity contribution in [3.63, 3.8) is 0 Å². The van der Waals surface area contributed by atoms with Crippen molar-refractivity contribution < 1.29 is 19.1 Å². The van der Waals surface area contributed by atoms with Gasteiger partial charge in [-0.1, -0.05) is 23.7 Å². The molecule has 0 aliphatic carbocycles. The van der Waals surface area contributed by atoms with Crippen LogP contribution in [0, 0.1) is 11.8 Å². The Labute approximate surface area is 137 Å². The minimum absolute atomic E-state index is 0.0763. The maximum absolute atomic E-state index is 12.4. The van der Waals surface area contributed by atoms with E-state index in [-0.39, 0.29) is 30.4 Å². The van der Waals surface area contributed by atoms with Gasteiger partial charge < -0.3 is 4.74 Å². The lowest BCUT2D eigenvalue weighted by atomic mass is 9.81. The number of carbonyl (C=O) groups excluding carboxylic acids is 3. The molecule has 0 unspecified atom stereocenters. The molecule has 3 heterocycles. The number of hydrogen-bond donors (Lipinski definition) is 1. The number of ether oxygens (including phenoxy) is 1. The predicted molar refractivity (Wildman–Crippen MR) is 80.0 cm³/mol. The molecule has 2 bridgehead atoms. The van der Waals surface area contributed by atoms with Gasteiger partial charge in [-0.3, -0.25) is 19.8 Å². The zero-order valence-corrected chi connectivity index (χ0v) is 13.0. The lowest BCUT2D eigenvalue weighted by Crippen LogP contribution is -2.48. The molecule has 0 spiro atoms. The van der Waals surface area contributed by atoms with Gasteiger partial charge in [0, 0.05) is 5.02 Å². The molecule has 0 aromatic heterocycles. The number of nitrogens with one attached hydrogen (secondary N) is 1. The van der Waals surface area contributed by atoms with Gasteiger partial charge >= 0.3 is 0 Å². The van der Waals surface area contributed by atoms with Crippen LogP contribution in [0.5, 0.6) is 0 Å². The molecule has 1 aromatic rings. The number of imide groups is 1. The van der Waals surface area contributed by atoms with Crippen molar-refractivity contribution in [2.45, 2.75) is 31.5 Å². The molecule has 1 aromatic carbocycles. The van der Waals surface area contributed by atoms with E-state index in [1.807, 2.05) is 0 Å². The Bertz CT molecular complexity index is 662. The molecule has 4 atom stereocenters. The standard InChI is InChI=1S/C16H15ClN2O4/c17-9-3-1-8(2-4-9)7-12(20)18-19-15(21)13-10-5-6-11(23-10)14(13)16(19)22/h1-4,10-11,13-14H,5-7H2,(H,18,20)/t10-,11-,13-,14+/m1/s1. The van der Waals surface area contributed by atoms with Crippen LogP contribution < -0.4 is 5.43 Å². The van der Waals surface area contributed by atoms with Crippen LogP contribution in [0.3, 0.4) is 0 Å². The molecule has 3 saturated heterocycles. The molecule has 3 amide bonds. The normalized spacial score (nSPS) is 31.6. The molecule has 0 radical (unpaired) electrons. The first-order chi connectivity index (χ1) is 11.0. The SMILES string of the molecule is O=C(Cc1ccc(Cl)cc1)NN1C(=O)[C@@H]2[C@H](C1=O)[C@H]1CC[C@H]2O1. The van der Waals surface area contributed by atoms with Crippen molar-refractivity contribution >= 4 is 29.3 Å². The Balaban J connectivity index is 1.44. The molecule has 23 heavy (non-hydrogen) atoms. The molecule has 3 aliphatic rings. The molecule has 120 valence electrons. The smallest absolute Gasteiger partial charge is 0.254 e. The molecular weight excluding hydrogens is 320 g/mol. The maximum atomic E-state index is 12.4. The van der Waals surface area contributed by atoms with Crippen molar-refractivity contribution in [1.82, 2.24) is 10.4 Å². The van der Waals surface area contributed by atoms with Crippen molar-refractivity contribution in [3.8, 4) is 0 Å². The fraction of sp³-hybridized carbons (Fsp3) is 0.438. The van der Waals surface area contributed by atoms with Crippen LogP contribution in [0.2, 0.25) is 5.02 Å². The van der Waals surface area contributed by atoms with Crippen LogP contribution >= 0.6 is 11.6 Å². The summed E-state index contributed by atoms with van der Waals surface area (Å²) in [6, 6.07) is 6.85. The summed E-state index contributed by atoms with van der Waals surface area (Å²) in [6.07, 6.45) is 1.32. The van der Waals surface area contributed by atoms with Crippen LogP contribution in [0.1, 0.15) is 18.4 Å². The quantitative estimate of drug-likeness (QED) is 0.839. The van der Waals surface area contributed by atoms with Crippen LogP contribution in [0.25, 0.3) is 0 Å². The van der Waals surface area contributed by atoms with E-state index < -0.39 is 17.7 Å². The summed E-state index contributed by atoms with van der Waals surface area (Å²) >= 11 is 5.80. The van der Waals surface area contributed by atoms with Gasteiger partial charge in [0.1, 0.15) is 0 Å². The van der Waals surface area contributed by atoms with E-state index in [9.17, 15) is 14.4 Å². The van der Waals surface area contributed by atoms with Crippen LogP contribution in [0.15, 0.2) is 24.3 Å². The number of hydrogen-bond acceptors (Lipinski definition) is 4. The summed E-state index contributed by atoms with van der Waals surface area (Å²) < 4.78 is 5.65. The first-order valence-electron chi connectivity index (χ1n) is 7.62. The average Bonchev–Trinajstić information content (AvgIpc) is 3.19. The molecule has 0 saturated carbocycles. The number of benzene rings is 1. The number of hydrazine groups is 1. The zero-order valence-electron chi connectivity index (χ0n) is 12.2. The Hall–Kier alpha value is -1.92. The van der Waals surface area contributed by atoms with E-state index in [1.165, 1.54) is 0 Å². The molecule has 3 aliphatic heterocycles. The van der Waals surface area contributed by atoms with Gasteiger partial charge in [0.25, 0.3) is 11.8 Å². The summed E-state index contributed by atoms with van der Waals surface area (Å²) in [5.74, 6) is -1.97. The monoisotopic (exact) mass is 334 g/mol. The fourth-order valence-electron chi connectivity index (χ4n) is 3.77. The van der Waals surface area contributed by atoms with E-state index >= 15 is 0 Å². The highest BCUT2D eigenvalue weighted by molar-refractivity contribution is 6.30. The summed E-state index contributed by atoms with van der Waals surface area (Å²) in [6.45, 7) is 0. The van der Waals surface area contributed by atoms with Gasteiger partial charge in [-0.15, -0.1) is 0 Å². The van der Waals surface area contributed by atoms with E-state index in [4.69, 9.17) is 16.3 Å². The number of halogens is 1. The van der Waals surface area contributed by atoms with Crippen LogP contribution in [0.4, 0.5) is 0 Å². The maximum Gasteiger partial charge on any atom is 0.254 e. The second kappa shape index (κ2) is 5.32. The van der Waals surface area contributed by atoms with Crippen molar-refractivity contribution in [2.75, 3.05) is 0 Å². The Kier molecular flexibility index (Phi) is 3.39. The molecular formula is C16H15ClN2O4. The van der Waals surface area contributed by atoms with Crippen LogP contribution in [-0.4, -0.2) is 34.9 Å². The van der Waals surface area contributed by atoms with Crippen molar-refractivity contribution in [1.29, 1.82) is 0 Å². The molecule has 7 heteroatoms. The molecule has 6 nitrogen and oxygen atoms in total. The zero-order chi connectivity index (χ0) is 16.1. The van der Waals surface area contributed by atoms with Gasteiger partial charge in [0.2, 0.25) is 5.91 Å². The Morgan fingerprint density at radius 1 is 1.13 bits per heavy atom. The van der Waals surface area contributed by atoms with Gasteiger partial charge in [-0.05, 0) is 30.5 Å². The van der Waals surface area contributed by atoms with Crippen molar-refractivity contribution in [3.05, 3.63) is 34.9 Å². The number of fused-ring (bicyclic) bond motifs is 5. The number of rotatable bonds is 3. The number of carbonyl (C=O) groups is 3. The van der Waals surface area contributed by atoms with Gasteiger partial charge in [-0.2, -0.15) is 5.01 Å². The third-order valence-corrected chi connectivity index (χ3v) is 5.05. The lowest BCUT2D eigenvalue weighted by molar-refractivity contribution is -0.151. The van der Waals surface area contributed by atoms with Gasteiger partial charge in [-0.25, -0.2) is 0 Å². The van der Waals surface area contributed by atoms with E-state index in [0.29, 0.717) is 5.02 Å². The summed E-state index contributed by atoms with van der Waals surface area (Å²) in [5.41, 5.74) is 3.20. The number of nitrogens with zero attached hydrogens (tertiary/aromatic N) is 1. The highest BCUT2D eigenvalue weighted by Gasteiger charge is 2.62. The fourth-order valence-corrected chi connectivity index (χ4v) is 3.90. The second-order valence-corrected chi connectivity index (χ2v) is 6.63. The summed E-state index contributed by atoms with van der Waals surface area (Å²) in [7, 11) is 0. The largest absolute Gasteiger partial charge is 0.373 e. The topological polar surface area (TPSA) is 75.7 Å². The Morgan fingerprint density at radius 2 is 1.70 bits per heavy atom. The summed E-state index contributed by atoms with van der Waals surface area (Å²) in [5, 5.41) is 1.48. The highest BCUT2D eigenvalue weighted by atomic mass is 35.5. The van der Waals surface area contributed by atoms with Gasteiger partial charge in [0.05, 0.1) is 30.5 Å². The lowest BCUT2D eigenvalue weighted by Gasteiger charge is -2.18. The van der Waals surface area contributed by atoms with E-state index in [0.717, 1.165) is 23.4 Å².